The second kappa shape index (κ2) is 12.7. The highest BCUT2D eigenvalue weighted by Gasteiger charge is 2.20. The third-order valence-corrected chi connectivity index (χ3v) is 5.66. The summed E-state index contributed by atoms with van der Waals surface area (Å²) in [6.45, 7) is 8.73. The minimum Gasteiger partial charge on any atom is -0.496 e. The van der Waals surface area contributed by atoms with Gasteiger partial charge in [0, 0.05) is 13.6 Å². The number of thiazole rings is 1. The number of aryl methyl sites for hydroxylation is 2. The molecule has 0 bridgehead atoms. The molecule has 0 saturated heterocycles. The van der Waals surface area contributed by atoms with Crippen molar-refractivity contribution >= 4 is 47.2 Å². The van der Waals surface area contributed by atoms with Crippen molar-refractivity contribution < 1.29 is 14.3 Å². The van der Waals surface area contributed by atoms with E-state index in [4.69, 9.17) is 9.47 Å². The Balaban J connectivity index is 0.00000450. The highest BCUT2D eigenvalue weighted by Crippen LogP contribution is 2.24. The van der Waals surface area contributed by atoms with Crippen LogP contribution >= 0.6 is 35.3 Å². The molecule has 0 radical (unpaired) electrons. The summed E-state index contributed by atoms with van der Waals surface area (Å²) in [5.41, 5.74) is 3.04. The van der Waals surface area contributed by atoms with Crippen molar-refractivity contribution in [3.63, 3.8) is 0 Å². The topological polar surface area (TPSA) is 84.8 Å². The molecule has 7 nitrogen and oxygen atoms in total. The average Bonchev–Trinajstić information content (AvgIpc) is 3.09. The van der Waals surface area contributed by atoms with Crippen LogP contribution in [0.1, 0.15) is 51.4 Å². The molecule has 1 unspecified atom stereocenters. The first-order valence-electron chi connectivity index (χ1n) is 9.64. The Morgan fingerprint density at radius 3 is 2.70 bits per heavy atom. The highest BCUT2D eigenvalue weighted by molar-refractivity contribution is 14.0. The maximum atomic E-state index is 12.0. The molecule has 2 N–H and O–H groups in total. The Morgan fingerprint density at radius 2 is 2.07 bits per heavy atom. The van der Waals surface area contributed by atoms with E-state index in [1.807, 2.05) is 26.0 Å². The van der Waals surface area contributed by atoms with Crippen LogP contribution in [0.2, 0.25) is 0 Å². The Bertz CT molecular complexity index is 870. The van der Waals surface area contributed by atoms with E-state index in [-0.39, 0.29) is 36.0 Å². The maximum absolute atomic E-state index is 12.0. The summed E-state index contributed by atoms with van der Waals surface area (Å²) in [6, 6.07) is 6.07. The molecule has 1 aromatic carbocycles. The summed E-state index contributed by atoms with van der Waals surface area (Å²) in [5.74, 6) is 1.24. The lowest BCUT2D eigenvalue weighted by molar-refractivity contribution is 0.0531. The number of aliphatic imine (C=N–C) groups is 1. The summed E-state index contributed by atoms with van der Waals surface area (Å²) in [5, 5.41) is 7.46. The molecular formula is C21H31IN4O3S. The highest BCUT2D eigenvalue weighted by atomic mass is 127. The quantitative estimate of drug-likeness (QED) is 0.225. The molecule has 30 heavy (non-hydrogen) atoms. The number of rotatable bonds is 8. The summed E-state index contributed by atoms with van der Waals surface area (Å²) >= 11 is 1.35. The molecule has 0 aliphatic rings. The summed E-state index contributed by atoms with van der Waals surface area (Å²) in [4.78, 5) is 21.4. The fourth-order valence-electron chi connectivity index (χ4n) is 2.87. The van der Waals surface area contributed by atoms with E-state index in [1.165, 1.54) is 16.9 Å². The SMILES string of the molecule is CCOC(=O)c1sc(C(C)NC(=NC)NCCc2cc(C)ccc2OC)nc1C.I. The third-order valence-electron chi connectivity index (χ3n) is 4.34. The van der Waals surface area contributed by atoms with Crippen LogP contribution in [-0.2, 0) is 11.2 Å². The number of nitrogens with one attached hydrogen (secondary N) is 2. The monoisotopic (exact) mass is 546 g/mol. The summed E-state index contributed by atoms with van der Waals surface area (Å²) in [7, 11) is 3.41. The number of nitrogens with zero attached hydrogens (tertiary/aromatic N) is 2. The van der Waals surface area contributed by atoms with E-state index in [9.17, 15) is 4.79 Å². The summed E-state index contributed by atoms with van der Waals surface area (Å²) in [6.07, 6.45) is 0.809. The number of carbonyl (C=O) groups is 1. The number of halogens is 1. The van der Waals surface area contributed by atoms with E-state index in [0.717, 1.165) is 22.7 Å². The van der Waals surface area contributed by atoms with Crippen LogP contribution in [0.5, 0.6) is 5.75 Å². The van der Waals surface area contributed by atoms with Crippen LogP contribution in [0.25, 0.3) is 0 Å². The van der Waals surface area contributed by atoms with Gasteiger partial charge in [-0.3, -0.25) is 4.99 Å². The van der Waals surface area contributed by atoms with Crippen molar-refractivity contribution in [3.8, 4) is 5.75 Å². The molecule has 0 fully saturated rings. The average molecular weight is 546 g/mol. The zero-order valence-electron chi connectivity index (χ0n) is 18.4. The Kier molecular flexibility index (Phi) is 11.1. The minimum atomic E-state index is -0.324. The number of benzene rings is 1. The van der Waals surface area contributed by atoms with E-state index < -0.39 is 0 Å². The van der Waals surface area contributed by atoms with Gasteiger partial charge in [0.1, 0.15) is 15.6 Å². The van der Waals surface area contributed by atoms with Crippen LogP contribution in [0, 0.1) is 13.8 Å². The molecule has 0 amide bonds. The van der Waals surface area contributed by atoms with E-state index in [1.54, 1.807) is 21.1 Å². The molecular weight excluding hydrogens is 515 g/mol. The maximum Gasteiger partial charge on any atom is 0.350 e. The number of ether oxygens (including phenoxy) is 2. The normalized spacial score (nSPS) is 12.0. The van der Waals surface area contributed by atoms with Gasteiger partial charge in [-0.25, -0.2) is 9.78 Å². The smallest absolute Gasteiger partial charge is 0.350 e. The van der Waals surface area contributed by atoms with Crippen molar-refractivity contribution in [2.75, 3.05) is 27.3 Å². The second-order valence-corrected chi connectivity index (χ2v) is 7.65. The molecule has 1 atom stereocenters. The Morgan fingerprint density at radius 1 is 1.33 bits per heavy atom. The fraction of sp³-hybridized carbons (Fsp3) is 0.476. The van der Waals surface area contributed by atoms with Crippen LogP contribution in [0.4, 0.5) is 0 Å². The van der Waals surface area contributed by atoms with Crippen LogP contribution in [0.3, 0.4) is 0 Å². The lowest BCUT2D eigenvalue weighted by Crippen LogP contribution is -2.39. The number of methoxy groups -OCH3 is 1. The molecule has 1 heterocycles. The first-order valence-corrected chi connectivity index (χ1v) is 10.5. The van der Waals surface area contributed by atoms with Gasteiger partial charge in [0.05, 0.1) is 25.5 Å². The molecule has 2 aromatic rings. The van der Waals surface area contributed by atoms with Gasteiger partial charge >= 0.3 is 5.97 Å². The van der Waals surface area contributed by atoms with Crippen molar-refractivity contribution in [1.82, 2.24) is 15.6 Å². The van der Waals surface area contributed by atoms with Gasteiger partial charge in [-0.15, -0.1) is 35.3 Å². The van der Waals surface area contributed by atoms with Crippen molar-refractivity contribution in [3.05, 3.63) is 44.9 Å². The van der Waals surface area contributed by atoms with Crippen molar-refractivity contribution in [1.29, 1.82) is 0 Å². The molecule has 1 aromatic heterocycles. The van der Waals surface area contributed by atoms with Gasteiger partial charge in [-0.2, -0.15) is 0 Å². The van der Waals surface area contributed by atoms with E-state index >= 15 is 0 Å². The minimum absolute atomic E-state index is 0. The molecule has 0 saturated carbocycles. The number of carbonyl (C=O) groups excluding carboxylic acids is 1. The molecule has 0 aliphatic heterocycles. The van der Waals surface area contributed by atoms with E-state index in [0.29, 0.717) is 29.7 Å². The molecule has 0 spiro atoms. The number of guanidine groups is 1. The zero-order valence-corrected chi connectivity index (χ0v) is 21.5. The largest absolute Gasteiger partial charge is 0.496 e. The molecule has 0 aliphatic carbocycles. The van der Waals surface area contributed by atoms with Gasteiger partial charge in [0.15, 0.2) is 5.96 Å². The molecule has 9 heteroatoms. The molecule has 2 rings (SSSR count). The lowest BCUT2D eigenvalue weighted by atomic mass is 10.1. The first kappa shape index (κ1) is 26.2. The predicted molar refractivity (Wildman–Crippen MR) is 133 cm³/mol. The first-order chi connectivity index (χ1) is 13.9. The van der Waals surface area contributed by atoms with Crippen molar-refractivity contribution in [2.24, 2.45) is 4.99 Å². The van der Waals surface area contributed by atoms with Gasteiger partial charge in [0.2, 0.25) is 0 Å². The zero-order chi connectivity index (χ0) is 21.4. The number of hydrogen-bond acceptors (Lipinski definition) is 6. The van der Waals surface area contributed by atoms with Crippen LogP contribution in [-0.4, -0.2) is 44.2 Å². The predicted octanol–water partition coefficient (Wildman–Crippen LogP) is 4.03. The second-order valence-electron chi connectivity index (χ2n) is 6.62. The Hall–Kier alpha value is -1.88. The van der Waals surface area contributed by atoms with Crippen LogP contribution in [0.15, 0.2) is 23.2 Å². The van der Waals surface area contributed by atoms with Crippen molar-refractivity contribution in [2.45, 2.75) is 40.2 Å². The van der Waals surface area contributed by atoms with Gasteiger partial charge in [-0.1, -0.05) is 17.7 Å². The fourth-order valence-corrected chi connectivity index (χ4v) is 3.83. The number of hydrogen-bond donors (Lipinski definition) is 2. The molecule has 166 valence electrons. The number of aromatic nitrogens is 1. The summed E-state index contributed by atoms with van der Waals surface area (Å²) < 4.78 is 10.5. The third kappa shape index (κ3) is 7.12. The Labute approximate surface area is 199 Å². The van der Waals surface area contributed by atoms with Gasteiger partial charge in [0.25, 0.3) is 0 Å². The van der Waals surface area contributed by atoms with Gasteiger partial charge < -0.3 is 20.1 Å². The standard InChI is InChI=1S/C21H30N4O3S.HI/c1-7-28-20(26)18-14(3)24-19(29-18)15(4)25-21(22-5)23-11-10-16-12-13(2)8-9-17(16)27-6;/h8-9,12,15H,7,10-11H2,1-6H3,(H2,22,23,25);1H. The van der Waals surface area contributed by atoms with Gasteiger partial charge in [-0.05, 0) is 45.7 Å². The van der Waals surface area contributed by atoms with Crippen LogP contribution < -0.4 is 15.4 Å². The lowest BCUT2D eigenvalue weighted by Gasteiger charge is -2.17. The number of esters is 1. The van der Waals surface area contributed by atoms with E-state index in [2.05, 4.69) is 33.6 Å².